The highest BCUT2D eigenvalue weighted by atomic mass is 16.5. The SMILES string of the molecule is COc1ccc(CN/N=C(/C)c2ccc(O)cc2O)cc1OC. The van der Waals surface area contributed by atoms with Gasteiger partial charge in [-0.1, -0.05) is 6.07 Å². The Hall–Kier alpha value is -2.89. The van der Waals surface area contributed by atoms with Crippen LogP contribution in [-0.4, -0.2) is 30.1 Å². The van der Waals surface area contributed by atoms with E-state index in [0.29, 0.717) is 29.3 Å². The molecule has 0 aliphatic carbocycles. The van der Waals surface area contributed by atoms with Gasteiger partial charge in [-0.25, -0.2) is 0 Å². The molecule has 2 aromatic rings. The fraction of sp³-hybridized carbons (Fsp3) is 0.235. The molecular formula is C17H20N2O4. The summed E-state index contributed by atoms with van der Waals surface area (Å²) >= 11 is 0. The number of benzene rings is 2. The molecular weight excluding hydrogens is 296 g/mol. The summed E-state index contributed by atoms with van der Waals surface area (Å²) in [6.45, 7) is 2.27. The van der Waals surface area contributed by atoms with Gasteiger partial charge in [-0.15, -0.1) is 0 Å². The zero-order chi connectivity index (χ0) is 16.8. The van der Waals surface area contributed by atoms with E-state index in [1.54, 1.807) is 27.2 Å². The normalized spacial score (nSPS) is 11.2. The Morgan fingerprint density at radius 2 is 1.78 bits per heavy atom. The summed E-state index contributed by atoms with van der Waals surface area (Å²) in [7, 11) is 3.18. The van der Waals surface area contributed by atoms with E-state index in [1.165, 1.54) is 12.1 Å². The Kier molecular flexibility index (Phi) is 5.30. The van der Waals surface area contributed by atoms with Crippen molar-refractivity contribution in [2.75, 3.05) is 14.2 Å². The van der Waals surface area contributed by atoms with Gasteiger partial charge in [0.25, 0.3) is 0 Å². The lowest BCUT2D eigenvalue weighted by atomic mass is 10.1. The van der Waals surface area contributed by atoms with Crippen LogP contribution in [0.2, 0.25) is 0 Å². The number of hydrogen-bond acceptors (Lipinski definition) is 6. The van der Waals surface area contributed by atoms with Gasteiger partial charge in [0.15, 0.2) is 11.5 Å². The highest BCUT2D eigenvalue weighted by Crippen LogP contribution is 2.27. The van der Waals surface area contributed by atoms with E-state index in [1.807, 2.05) is 18.2 Å². The Bertz CT molecular complexity index is 714. The Labute approximate surface area is 135 Å². The fourth-order valence-electron chi connectivity index (χ4n) is 2.13. The summed E-state index contributed by atoms with van der Waals surface area (Å²) in [6, 6.07) is 10.0. The van der Waals surface area contributed by atoms with Crippen molar-refractivity contribution in [1.29, 1.82) is 0 Å². The summed E-state index contributed by atoms with van der Waals surface area (Å²) < 4.78 is 10.4. The summed E-state index contributed by atoms with van der Waals surface area (Å²) in [6.07, 6.45) is 0. The first-order valence-electron chi connectivity index (χ1n) is 7.05. The summed E-state index contributed by atoms with van der Waals surface area (Å²) in [5, 5.41) is 23.3. The summed E-state index contributed by atoms with van der Waals surface area (Å²) in [5.74, 6) is 1.32. The summed E-state index contributed by atoms with van der Waals surface area (Å²) in [5.41, 5.74) is 5.10. The Morgan fingerprint density at radius 1 is 1.04 bits per heavy atom. The number of phenols is 2. The molecule has 0 unspecified atom stereocenters. The van der Waals surface area contributed by atoms with Crippen LogP contribution in [0.1, 0.15) is 18.1 Å². The van der Waals surface area contributed by atoms with Crippen LogP contribution >= 0.6 is 0 Å². The molecule has 2 aromatic carbocycles. The molecule has 0 saturated carbocycles. The molecule has 122 valence electrons. The molecule has 0 heterocycles. The summed E-state index contributed by atoms with van der Waals surface area (Å²) in [4.78, 5) is 0. The number of nitrogens with one attached hydrogen (secondary N) is 1. The van der Waals surface area contributed by atoms with Gasteiger partial charge in [0.1, 0.15) is 11.5 Å². The van der Waals surface area contributed by atoms with Crippen LogP contribution < -0.4 is 14.9 Å². The third kappa shape index (κ3) is 4.06. The third-order valence-corrected chi connectivity index (χ3v) is 3.35. The van der Waals surface area contributed by atoms with Crippen molar-refractivity contribution < 1.29 is 19.7 Å². The van der Waals surface area contributed by atoms with Crippen molar-refractivity contribution in [3.8, 4) is 23.0 Å². The molecule has 0 bridgehead atoms. The highest BCUT2D eigenvalue weighted by molar-refractivity contribution is 6.01. The lowest BCUT2D eigenvalue weighted by Crippen LogP contribution is -2.09. The molecule has 0 radical (unpaired) electrons. The first-order valence-corrected chi connectivity index (χ1v) is 7.05. The molecule has 0 saturated heterocycles. The van der Waals surface area contributed by atoms with Crippen molar-refractivity contribution in [2.45, 2.75) is 13.5 Å². The molecule has 0 atom stereocenters. The van der Waals surface area contributed by atoms with Gasteiger partial charge in [0.2, 0.25) is 0 Å². The zero-order valence-corrected chi connectivity index (χ0v) is 13.3. The van der Waals surface area contributed by atoms with E-state index in [-0.39, 0.29) is 11.5 Å². The molecule has 0 aliphatic rings. The van der Waals surface area contributed by atoms with E-state index < -0.39 is 0 Å². The molecule has 0 spiro atoms. The van der Waals surface area contributed by atoms with E-state index in [2.05, 4.69) is 10.5 Å². The number of phenolic OH excluding ortho intramolecular Hbond substituents is 2. The van der Waals surface area contributed by atoms with Gasteiger partial charge in [-0.05, 0) is 36.8 Å². The maximum absolute atomic E-state index is 9.81. The van der Waals surface area contributed by atoms with Gasteiger partial charge < -0.3 is 25.1 Å². The van der Waals surface area contributed by atoms with Crippen LogP contribution in [0.3, 0.4) is 0 Å². The molecule has 23 heavy (non-hydrogen) atoms. The van der Waals surface area contributed by atoms with E-state index in [0.717, 1.165) is 5.56 Å². The maximum Gasteiger partial charge on any atom is 0.161 e. The molecule has 0 fully saturated rings. The number of rotatable bonds is 6. The smallest absolute Gasteiger partial charge is 0.161 e. The van der Waals surface area contributed by atoms with E-state index in [4.69, 9.17) is 9.47 Å². The number of aromatic hydroxyl groups is 2. The Morgan fingerprint density at radius 3 is 2.43 bits per heavy atom. The second-order valence-corrected chi connectivity index (χ2v) is 4.92. The largest absolute Gasteiger partial charge is 0.508 e. The minimum atomic E-state index is -0.0147. The van der Waals surface area contributed by atoms with Crippen molar-refractivity contribution in [1.82, 2.24) is 5.43 Å². The van der Waals surface area contributed by atoms with Crippen molar-refractivity contribution in [2.24, 2.45) is 5.10 Å². The molecule has 3 N–H and O–H groups in total. The number of hydrazone groups is 1. The molecule has 0 aromatic heterocycles. The van der Waals surface area contributed by atoms with Crippen LogP contribution in [0.15, 0.2) is 41.5 Å². The van der Waals surface area contributed by atoms with E-state index >= 15 is 0 Å². The van der Waals surface area contributed by atoms with Gasteiger partial charge in [-0.2, -0.15) is 5.10 Å². The van der Waals surface area contributed by atoms with Crippen LogP contribution in [0.25, 0.3) is 0 Å². The minimum absolute atomic E-state index is 0.0114. The monoisotopic (exact) mass is 316 g/mol. The number of nitrogens with zero attached hydrogens (tertiary/aromatic N) is 1. The van der Waals surface area contributed by atoms with Crippen LogP contribution in [-0.2, 0) is 6.54 Å². The predicted octanol–water partition coefficient (Wildman–Crippen LogP) is 2.63. The van der Waals surface area contributed by atoms with Gasteiger partial charge in [-0.3, -0.25) is 0 Å². The maximum atomic E-state index is 9.81. The molecule has 0 amide bonds. The quantitative estimate of drug-likeness (QED) is 0.563. The molecule has 2 rings (SSSR count). The van der Waals surface area contributed by atoms with Crippen LogP contribution in [0.5, 0.6) is 23.0 Å². The number of hydrogen-bond donors (Lipinski definition) is 3. The molecule has 0 aliphatic heterocycles. The lowest BCUT2D eigenvalue weighted by molar-refractivity contribution is 0.354. The standard InChI is InChI=1S/C17H20N2O4/c1-11(14-6-5-13(20)9-15(14)21)19-18-10-12-4-7-16(22-2)17(8-12)23-3/h4-9,18,20-21H,10H2,1-3H3/b19-11-. The first-order chi connectivity index (χ1) is 11.0. The topological polar surface area (TPSA) is 83.3 Å². The predicted molar refractivity (Wildman–Crippen MR) is 88.4 cm³/mol. The fourth-order valence-corrected chi connectivity index (χ4v) is 2.13. The van der Waals surface area contributed by atoms with Crippen molar-refractivity contribution in [3.05, 3.63) is 47.5 Å². The number of ether oxygens (including phenoxy) is 2. The van der Waals surface area contributed by atoms with Crippen molar-refractivity contribution >= 4 is 5.71 Å². The van der Waals surface area contributed by atoms with Gasteiger partial charge in [0.05, 0.1) is 26.5 Å². The molecule has 6 nitrogen and oxygen atoms in total. The van der Waals surface area contributed by atoms with Gasteiger partial charge in [0, 0.05) is 11.6 Å². The minimum Gasteiger partial charge on any atom is -0.508 e. The average Bonchev–Trinajstić information content (AvgIpc) is 2.54. The third-order valence-electron chi connectivity index (χ3n) is 3.35. The van der Waals surface area contributed by atoms with Crippen LogP contribution in [0, 0.1) is 0 Å². The van der Waals surface area contributed by atoms with Crippen molar-refractivity contribution in [3.63, 3.8) is 0 Å². The second-order valence-electron chi connectivity index (χ2n) is 4.92. The number of methoxy groups -OCH3 is 2. The second kappa shape index (κ2) is 7.40. The van der Waals surface area contributed by atoms with Gasteiger partial charge >= 0.3 is 0 Å². The average molecular weight is 316 g/mol. The highest BCUT2D eigenvalue weighted by Gasteiger charge is 2.06. The zero-order valence-electron chi connectivity index (χ0n) is 13.3. The first kappa shape index (κ1) is 16.5. The lowest BCUT2D eigenvalue weighted by Gasteiger charge is -2.10. The van der Waals surface area contributed by atoms with E-state index in [9.17, 15) is 10.2 Å². The Balaban J connectivity index is 2.06. The van der Waals surface area contributed by atoms with Crippen LogP contribution in [0.4, 0.5) is 0 Å². The molecule has 6 heteroatoms.